The van der Waals surface area contributed by atoms with Crippen LogP contribution in [-0.2, 0) is 6.54 Å². The number of nitrogens with zero attached hydrogens (tertiary/aromatic N) is 3. The molecule has 36 heavy (non-hydrogen) atoms. The van der Waals surface area contributed by atoms with E-state index in [1.807, 2.05) is 46.5 Å². The van der Waals surface area contributed by atoms with Crippen molar-refractivity contribution in [2.45, 2.75) is 58.7 Å². The van der Waals surface area contributed by atoms with Crippen molar-refractivity contribution in [1.29, 1.82) is 0 Å². The zero-order valence-electron chi connectivity index (χ0n) is 22.5. The van der Waals surface area contributed by atoms with Gasteiger partial charge in [0.2, 0.25) is 0 Å². The molecule has 3 aromatic rings. The van der Waals surface area contributed by atoms with Crippen molar-refractivity contribution < 1.29 is 9.47 Å². The molecule has 0 radical (unpaired) electrons. The Morgan fingerprint density at radius 2 is 1.78 bits per heavy atom. The summed E-state index contributed by atoms with van der Waals surface area (Å²) in [6, 6.07) is 14.5. The quantitative estimate of drug-likeness (QED) is 0.426. The number of ether oxygens (including phenoxy) is 2. The van der Waals surface area contributed by atoms with E-state index in [0.717, 1.165) is 73.5 Å². The number of rotatable bonds is 11. The Morgan fingerprint density at radius 1 is 1.06 bits per heavy atom. The van der Waals surface area contributed by atoms with Gasteiger partial charge in [-0.1, -0.05) is 32.0 Å². The van der Waals surface area contributed by atoms with Gasteiger partial charge in [-0.2, -0.15) is 0 Å². The van der Waals surface area contributed by atoms with Gasteiger partial charge in [0.25, 0.3) is 0 Å². The predicted octanol–water partition coefficient (Wildman–Crippen LogP) is 4.47. The predicted molar refractivity (Wildman–Crippen MR) is 146 cm³/mol. The molecule has 0 amide bonds. The molecule has 7 nitrogen and oxygen atoms in total. The summed E-state index contributed by atoms with van der Waals surface area (Å²) < 4.78 is 15.8. The van der Waals surface area contributed by atoms with Gasteiger partial charge < -0.3 is 19.7 Å². The van der Waals surface area contributed by atoms with Crippen LogP contribution in [0.2, 0.25) is 0 Å². The smallest absolute Gasteiger partial charge is 0.329 e. The van der Waals surface area contributed by atoms with Gasteiger partial charge in [0, 0.05) is 44.8 Å². The number of likely N-dealkylation sites (tertiary alicyclic amines) is 1. The van der Waals surface area contributed by atoms with Gasteiger partial charge in [0.15, 0.2) is 0 Å². The molecule has 0 bridgehead atoms. The Bertz CT molecular complexity index is 1190. The number of imidazole rings is 1. The lowest BCUT2D eigenvalue weighted by atomic mass is 10.0. The van der Waals surface area contributed by atoms with Gasteiger partial charge in [0.05, 0.1) is 18.1 Å². The molecule has 1 aromatic heterocycles. The molecule has 1 atom stereocenters. The van der Waals surface area contributed by atoms with Gasteiger partial charge in [-0.25, -0.2) is 4.79 Å². The van der Waals surface area contributed by atoms with Crippen LogP contribution in [0, 0.1) is 12.8 Å². The zero-order chi connectivity index (χ0) is 25.7. The van der Waals surface area contributed by atoms with E-state index in [4.69, 9.17) is 9.47 Å². The number of nitrogens with one attached hydrogen (secondary N) is 1. The molecule has 0 saturated carbocycles. The number of aromatic nitrogens is 2. The van der Waals surface area contributed by atoms with Crippen molar-refractivity contribution >= 4 is 11.0 Å². The normalized spacial score (nSPS) is 16.1. The fourth-order valence-corrected chi connectivity index (χ4v) is 5.26. The van der Waals surface area contributed by atoms with Crippen molar-refractivity contribution in [2.24, 2.45) is 5.92 Å². The Labute approximate surface area is 215 Å². The van der Waals surface area contributed by atoms with Crippen LogP contribution >= 0.6 is 0 Å². The Kier molecular flexibility index (Phi) is 8.75. The Hall–Kier alpha value is -2.77. The second-order valence-corrected chi connectivity index (χ2v) is 10.3. The number of hydrogen-bond acceptors (Lipinski definition) is 5. The molecule has 0 spiro atoms. The molecular weight excluding hydrogens is 452 g/mol. The molecule has 7 heteroatoms. The first-order valence-corrected chi connectivity index (χ1v) is 13.3. The average molecular weight is 495 g/mol. The first kappa shape index (κ1) is 26.3. The minimum Gasteiger partial charge on any atom is -0.497 e. The number of benzene rings is 2. The standard InChI is InChI=1S/C29H42N4O3/c1-21(2)27(36-28-20-24(35-5)11-10-22(28)3)14-18-31-16-12-23(13-17-31)33-26-9-7-6-8-25(26)32(29(33)34)19-15-30-4/h6-11,20-21,23,27,30H,12-19H2,1-5H3. The van der Waals surface area contributed by atoms with Crippen LogP contribution in [0.5, 0.6) is 11.5 Å². The van der Waals surface area contributed by atoms with Crippen molar-refractivity contribution in [3.8, 4) is 11.5 Å². The molecule has 1 N–H and O–H groups in total. The number of para-hydroxylation sites is 2. The van der Waals surface area contributed by atoms with Crippen LogP contribution < -0.4 is 20.5 Å². The van der Waals surface area contributed by atoms with E-state index in [1.54, 1.807) is 7.11 Å². The van der Waals surface area contributed by atoms with Gasteiger partial charge in [-0.05, 0) is 62.9 Å². The third-order valence-corrected chi connectivity index (χ3v) is 7.52. The third kappa shape index (κ3) is 5.79. The molecule has 2 aromatic carbocycles. The van der Waals surface area contributed by atoms with Crippen LogP contribution in [0.3, 0.4) is 0 Å². The van der Waals surface area contributed by atoms with Crippen molar-refractivity contribution in [1.82, 2.24) is 19.4 Å². The molecule has 1 fully saturated rings. The molecule has 4 rings (SSSR count). The second-order valence-electron chi connectivity index (χ2n) is 10.3. The average Bonchev–Trinajstić information content (AvgIpc) is 3.17. The molecule has 0 aliphatic carbocycles. The molecule has 1 aliphatic rings. The molecule has 1 saturated heterocycles. The van der Waals surface area contributed by atoms with Crippen LogP contribution in [0.25, 0.3) is 11.0 Å². The summed E-state index contributed by atoms with van der Waals surface area (Å²) in [4.78, 5) is 15.9. The van der Waals surface area contributed by atoms with E-state index >= 15 is 0 Å². The number of likely N-dealkylation sites (N-methyl/N-ethyl adjacent to an activating group) is 1. The van der Waals surface area contributed by atoms with Crippen molar-refractivity contribution in [2.75, 3.05) is 40.3 Å². The van der Waals surface area contributed by atoms with E-state index in [2.05, 4.69) is 43.1 Å². The maximum atomic E-state index is 13.4. The molecular formula is C29H42N4O3. The third-order valence-electron chi connectivity index (χ3n) is 7.52. The van der Waals surface area contributed by atoms with Crippen molar-refractivity contribution in [3.63, 3.8) is 0 Å². The van der Waals surface area contributed by atoms with E-state index in [-0.39, 0.29) is 17.8 Å². The number of aryl methyl sites for hydroxylation is 1. The van der Waals surface area contributed by atoms with E-state index in [9.17, 15) is 4.79 Å². The maximum Gasteiger partial charge on any atom is 0.329 e. The van der Waals surface area contributed by atoms with E-state index < -0.39 is 0 Å². The number of methoxy groups -OCH3 is 1. The summed E-state index contributed by atoms with van der Waals surface area (Å²) in [5.74, 6) is 2.14. The second kappa shape index (κ2) is 12.0. The highest BCUT2D eigenvalue weighted by Crippen LogP contribution is 2.29. The summed E-state index contributed by atoms with van der Waals surface area (Å²) in [6.45, 7) is 11.0. The fourth-order valence-electron chi connectivity index (χ4n) is 5.26. The lowest BCUT2D eigenvalue weighted by molar-refractivity contribution is 0.109. The minimum absolute atomic E-state index is 0.117. The molecule has 2 heterocycles. The summed E-state index contributed by atoms with van der Waals surface area (Å²) in [5, 5.41) is 3.17. The summed E-state index contributed by atoms with van der Waals surface area (Å²) in [5.41, 5.74) is 3.33. The van der Waals surface area contributed by atoms with E-state index in [1.165, 1.54) is 0 Å². The minimum atomic E-state index is 0.117. The number of fused-ring (bicyclic) bond motifs is 1. The lowest BCUT2D eigenvalue weighted by Gasteiger charge is -2.34. The SMILES string of the molecule is CNCCn1c(=O)n(C2CCN(CCC(Oc3cc(OC)ccc3C)C(C)C)CC2)c2ccccc21. The lowest BCUT2D eigenvalue weighted by Crippen LogP contribution is -2.40. The first-order chi connectivity index (χ1) is 17.4. The topological polar surface area (TPSA) is 60.7 Å². The number of piperidine rings is 1. The van der Waals surface area contributed by atoms with Gasteiger partial charge >= 0.3 is 5.69 Å². The number of hydrogen-bond donors (Lipinski definition) is 1. The fraction of sp³-hybridized carbons (Fsp3) is 0.552. The first-order valence-electron chi connectivity index (χ1n) is 13.3. The molecule has 196 valence electrons. The van der Waals surface area contributed by atoms with Crippen LogP contribution in [0.4, 0.5) is 0 Å². The van der Waals surface area contributed by atoms with Crippen LogP contribution in [0.15, 0.2) is 47.3 Å². The maximum absolute atomic E-state index is 13.4. The Balaban J connectivity index is 1.39. The van der Waals surface area contributed by atoms with E-state index in [0.29, 0.717) is 12.5 Å². The summed E-state index contributed by atoms with van der Waals surface area (Å²) in [6.07, 6.45) is 3.09. The molecule has 1 unspecified atom stereocenters. The highest BCUT2D eigenvalue weighted by Gasteiger charge is 2.26. The Morgan fingerprint density at radius 3 is 2.44 bits per heavy atom. The monoisotopic (exact) mass is 494 g/mol. The zero-order valence-corrected chi connectivity index (χ0v) is 22.5. The summed E-state index contributed by atoms with van der Waals surface area (Å²) in [7, 11) is 3.61. The van der Waals surface area contributed by atoms with Crippen LogP contribution in [-0.4, -0.2) is 60.5 Å². The van der Waals surface area contributed by atoms with Crippen LogP contribution in [0.1, 0.15) is 44.7 Å². The van der Waals surface area contributed by atoms with Gasteiger partial charge in [0.1, 0.15) is 17.6 Å². The van der Waals surface area contributed by atoms with Gasteiger partial charge in [-0.15, -0.1) is 0 Å². The summed E-state index contributed by atoms with van der Waals surface area (Å²) >= 11 is 0. The highest BCUT2D eigenvalue weighted by molar-refractivity contribution is 5.76. The van der Waals surface area contributed by atoms with Crippen molar-refractivity contribution in [3.05, 3.63) is 58.5 Å². The molecule has 1 aliphatic heterocycles. The largest absolute Gasteiger partial charge is 0.497 e. The highest BCUT2D eigenvalue weighted by atomic mass is 16.5. The van der Waals surface area contributed by atoms with Gasteiger partial charge in [-0.3, -0.25) is 9.13 Å².